The molecule has 0 unspecified atom stereocenters. The summed E-state index contributed by atoms with van der Waals surface area (Å²) in [5.41, 5.74) is 2.42. The van der Waals surface area contributed by atoms with Gasteiger partial charge in [-0.25, -0.2) is 0 Å². The van der Waals surface area contributed by atoms with E-state index < -0.39 is 5.97 Å². The summed E-state index contributed by atoms with van der Waals surface area (Å²) < 4.78 is 0. The number of rotatable bonds is 13. The number of Topliss-reactive ketones (excluding diaryl/α,β-unsaturated/α-hetero) is 1. The van der Waals surface area contributed by atoms with Crippen molar-refractivity contribution in [3.63, 3.8) is 0 Å². The van der Waals surface area contributed by atoms with Gasteiger partial charge < -0.3 is 15.7 Å². The van der Waals surface area contributed by atoms with E-state index in [1.807, 2.05) is 20.8 Å². The Bertz CT molecular complexity index is 728. The Hall–Kier alpha value is -2.70. The summed E-state index contributed by atoms with van der Waals surface area (Å²) in [6.45, 7) is 17.9. The van der Waals surface area contributed by atoms with Gasteiger partial charge in [-0.1, -0.05) is 104 Å². The fourth-order valence-corrected chi connectivity index (χ4v) is 2.54. The number of carboxylic acids is 1. The average Bonchev–Trinajstić information content (AvgIpc) is 2.87. The monoisotopic (exact) mass is 522 g/mol. The average molecular weight is 523 g/mol. The summed E-state index contributed by atoms with van der Waals surface area (Å²) in [6, 6.07) is 8.23. The molecule has 0 fully saturated rings. The van der Waals surface area contributed by atoms with Gasteiger partial charge >= 0.3 is 5.97 Å². The third-order valence-corrected chi connectivity index (χ3v) is 4.98. The van der Waals surface area contributed by atoms with Crippen LogP contribution < -0.4 is 10.6 Å². The molecule has 7 nitrogen and oxygen atoms in total. The third-order valence-electron chi connectivity index (χ3n) is 4.98. The Kier molecular flexibility index (Phi) is 27.7. The van der Waals surface area contributed by atoms with Crippen LogP contribution in [0.15, 0.2) is 24.3 Å². The Morgan fingerprint density at radius 3 is 1.76 bits per heavy atom. The van der Waals surface area contributed by atoms with Gasteiger partial charge in [0, 0.05) is 18.8 Å². The number of hydrogen-bond donors (Lipinski definition) is 3. The molecule has 1 aromatic rings. The zero-order valence-electron chi connectivity index (χ0n) is 24.9. The van der Waals surface area contributed by atoms with E-state index in [0.717, 1.165) is 18.8 Å². The molecule has 0 saturated carbocycles. The first kappa shape index (κ1) is 38.8. The summed E-state index contributed by atoms with van der Waals surface area (Å²) in [4.78, 5) is 44.0. The Balaban J connectivity index is -0.000000679. The van der Waals surface area contributed by atoms with Gasteiger partial charge in [0.25, 0.3) is 0 Å². The van der Waals surface area contributed by atoms with E-state index in [1.165, 1.54) is 30.4 Å². The summed E-state index contributed by atoms with van der Waals surface area (Å²) >= 11 is 0. The predicted molar refractivity (Wildman–Crippen MR) is 154 cm³/mol. The van der Waals surface area contributed by atoms with Gasteiger partial charge in [0.05, 0.1) is 13.1 Å². The molecule has 214 valence electrons. The minimum absolute atomic E-state index is 0.0137. The van der Waals surface area contributed by atoms with Crippen molar-refractivity contribution in [2.75, 3.05) is 13.1 Å². The van der Waals surface area contributed by atoms with Gasteiger partial charge in [0.1, 0.15) is 0 Å². The molecular weight excluding hydrogens is 468 g/mol. The van der Waals surface area contributed by atoms with Crippen molar-refractivity contribution >= 4 is 23.6 Å². The predicted octanol–water partition coefficient (Wildman–Crippen LogP) is 6.12. The lowest BCUT2D eigenvalue weighted by molar-refractivity contribution is -0.136. The zero-order valence-corrected chi connectivity index (χ0v) is 24.9. The maximum atomic E-state index is 11.7. The molecule has 0 spiro atoms. The van der Waals surface area contributed by atoms with Crippen LogP contribution in [0.25, 0.3) is 0 Å². The standard InChI is InChI=1S/C18H26N2O3.C7H16.C3H6O2.C2H6/c1-13(2)16(21)11-19-18(23)12-20-17(22)6-4-5-15-9-7-14(3)8-10-15;1-4-5-6-7(2)3;1-2-3(4)5;1-2/h7-10,13H,4-6,11-12H2,1-3H3,(H,19,23)(H,20,22);7H,4-6H2,1-3H3;2H2,1H3,(H,4,5);1-2H3. The topological polar surface area (TPSA) is 113 Å². The maximum Gasteiger partial charge on any atom is 0.303 e. The van der Waals surface area contributed by atoms with E-state index in [9.17, 15) is 19.2 Å². The number of carbonyl (C=O) groups excluding carboxylic acids is 3. The second-order valence-corrected chi connectivity index (χ2v) is 9.30. The molecule has 0 aromatic heterocycles. The van der Waals surface area contributed by atoms with Crippen molar-refractivity contribution in [1.82, 2.24) is 10.6 Å². The van der Waals surface area contributed by atoms with Crippen LogP contribution >= 0.6 is 0 Å². The molecule has 1 rings (SSSR count). The first-order valence-electron chi connectivity index (χ1n) is 13.8. The van der Waals surface area contributed by atoms with Crippen LogP contribution in [-0.4, -0.2) is 41.8 Å². The second kappa shape index (κ2) is 26.4. The number of aliphatic carboxylic acids is 1. The molecule has 0 bridgehead atoms. The van der Waals surface area contributed by atoms with Crippen molar-refractivity contribution in [1.29, 1.82) is 0 Å². The smallest absolute Gasteiger partial charge is 0.303 e. The van der Waals surface area contributed by atoms with Crippen molar-refractivity contribution in [2.45, 2.75) is 107 Å². The number of benzene rings is 1. The molecule has 0 heterocycles. The molecule has 0 aliphatic rings. The number of hydrogen-bond acceptors (Lipinski definition) is 4. The summed E-state index contributed by atoms with van der Waals surface area (Å²) in [7, 11) is 0. The van der Waals surface area contributed by atoms with Crippen LogP contribution in [-0.2, 0) is 25.6 Å². The van der Waals surface area contributed by atoms with Crippen LogP contribution in [0.2, 0.25) is 0 Å². The second-order valence-electron chi connectivity index (χ2n) is 9.30. The highest BCUT2D eigenvalue weighted by Crippen LogP contribution is 2.07. The van der Waals surface area contributed by atoms with Crippen LogP contribution in [0.5, 0.6) is 0 Å². The van der Waals surface area contributed by atoms with Crippen molar-refractivity contribution in [2.24, 2.45) is 11.8 Å². The van der Waals surface area contributed by atoms with Gasteiger partial charge in [-0.2, -0.15) is 0 Å². The number of unbranched alkanes of at least 4 members (excludes halogenated alkanes) is 1. The van der Waals surface area contributed by atoms with Crippen LogP contribution in [0.4, 0.5) is 0 Å². The van der Waals surface area contributed by atoms with Crippen LogP contribution in [0, 0.1) is 18.8 Å². The fourth-order valence-electron chi connectivity index (χ4n) is 2.54. The van der Waals surface area contributed by atoms with E-state index in [-0.39, 0.29) is 43.0 Å². The van der Waals surface area contributed by atoms with Gasteiger partial charge in [0.15, 0.2) is 5.78 Å². The molecular formula is C30H54N2O5. The highest BCUT2D eigenvalue weighted by molar-refractivity contribution is 5.89. The first-order valence-corrected chi connectivity index (χ1v) is 13.8. The van der Waals surface area contributed by atoms with Crippen molar-refractivity contribution in [3.8, 4) is 0 Å². The maximum absolute atomic E-state index is 11.7. The highest BCUT2D eigenvalue weighted by atomic mass is 16.4. The first-order chi connectivity index (χ1) is 17.4. The summed E-state index contributed by atoms with van der Waals surface area (Å²) in [5, 5.41) is 12.8. The van der Waals surface area contributed by atoms with Gasteiger partial charge in [-0.15, -0.1) is 0 Å². The Morgan fingerprint density at radius 1 is 0.838 bits per heavy atom. The molecule has 0 aliphatic carbocycles. The minimum Gasteiger partial charge on any atom is -0.481 e. The molecule has 3 N–H and O–H groups in total. The molecule has 0 radical (unpaired) electrons. The lowest BCUT2D eigenvalue weighted by Gasteiger charge is -2.08. The number of amides is 2. The number of carboxylic acid groups (broad SMARTS) is 1. The SMILES string of the molecule is CC.CCC(=O)O.CCCCC(C)C.Cc1ccc(CCCC(=O)NCC(=O)NCC(=O)C(C)C)cc1. The molecule has 0 atom stereocenters. The fraction of sp³-hybridized carbons (Fsp3) is 0.667. The number of carbonyl (C=O) groups is 4. The highest BCUT2D eigenvalue weighted by Gasteiger charge is 2.10. The number of nitrogens with one attached hydrogen (secondary N) is 2. The van der Waals surface area contributed by atoms with Crippen LogP contribution in [0.1, 0.15) is 105 Å². The lowest BCUT2D eigenvalue weighted by atomic mass is 10.1. The molecule has 2 amide bonds. The lowest BCUT2D eigenvalue weighted by Crippen LogP contribution is -2.39. The van der Waals surface area contributed by atoms with Gasteiger partial charge in [-0.05, 0) is 31.2 Å². The quantitative estimate of drug-likeness (QED) is 0.289. The third kappa shape index (κ3) is 29.4. The van der Waals surface area contributed by atoms with Gasteiger partial charge in [0.2, 0.25) is 11.8 Å². The Morgan fingerprint density at radius 2 is 1.35 bits per heavy atom. The Labute approximate surface area is 226 Å². The minimum atomic E-state index is -0.745. The van der Waals surface area contributed by atoms with Gasteiger partial charge in [-0.3, -0.25) is 19.2 Å². The molecule has 1 aromatic carbocycles. The van der Waals surface area contributed by atoms with E-state index >= 15 is 0 Å². The largest absolute Gasteiger partial charge is 0.481 e. The summed E-state index contributed by atoms with van der Waals surface area (Å²) in [6.07, 6.45) is 6.32. The zero-order chi connectivity index (χ0) is 29.2. The molecule has 37 heavy (non-hydrogen) atoms. The van der Waals surface area contributed by atoms with Crippen LogP contribution in [0.3, 0.4) is 0 Å². The molecule has 0 aliphatic heterocycles. The normalized spacial score (nSPS) is 9.59. The number of ketones is 1. The van der Waals surface area contributed by atoms with E-state index in [1.54, 1.807) is 20.8 Å². The van der Waals surface area contributed by atoms with Crippen molar-refractivity contribution in [3.05, 3.63) is 35.4 Å². The van der Waals surface area contributed by atoms with E-state index in [2.05, 4.69) is 55.7 Å². The summed E-state index contributed by atoms with van der Waals surface area (Å²) in [5.74, 6) is -0.465. The number of aryl methyl sites for hydroxylation is 2. The van der Waals surface area contributed by atoms with E-state index in [4.69, 9.17) is 5.11 Å². The molecule has 0 saturated heterocycles. The molecule has 7 heteroatoms. The van der Waals surface area contributed by atoms with Crippen molar-refractivity contribution < 1.29 is 24.3 Å². The van der Waals surface area contributed by atoms with E-state index in [0.29, 0.717) is 6.42 Å².